The molecule has 0 aliphatic heterocycles. The molecule has 1 N–H and O–H groups in total. The molecule has 0 heterocycles. The van der Waals surface area contributed by atoms with Crippen LogP contribution < -0.4 is 5.32 Å². The Morgan fingerprint density at radius 2 is 1.89 bits per heavy atom. The van der Waals surface area contributed by atoms with Crippen LogP contribution in [0.15, 0.2) is 18.2 Å². The van der Waals surface area contributed by atoms with Gasteiger partial charge in [0.1, 0.15) is 11.6 Å². The molecule has 4 heteroatoms. The Kier molecular flexibility index (Phi) is 5.17. The Morgan fingerprint density at radius 3 is 2.58 bits per heavy atom. The van der Waals surface area contributed by atoms with Gasteiger partial charge in [-0.1, -0.05) is 19.3 Å². The summed E-state index contributed by atoms with van der Waals surface area (Å²) in [4.78, 5) is 0. The number of rotatable bonds is 5. The maximum Gasteiger partial charge on any atom is 0.127 e. The number of hydrogen-bond acceptors (Lipinski definition) is 1. The van der Waals surface area contributed by atoms with Crippen molar-refractivity contribution in [3.63, 3.8) is 0 Å². The van der Waals surface area contributed by atoms with Gasteiger partial charge in [0.15, 0.2) is 0 Å². The lowest BCUT2D eigenvalue weighted by atomic mass is 9.75. The molecule has 2 rings (SSSR count). The SMILES string of the molecule is Fc1ccc(F)c(CNCC2(CCl)CCCCC2)c1. The molecule has 0 radical (unpaired) electrons. The van der Waals surface area contributed by atoms with Crippen LogP contribution >= 0.6 is 11.6 Å². The monoisotopic (exact) mass is 287 g/mol. The van der Waals surface area contributed by atoms with Crippen LogP contribution in [0.4, 0.5) is 8.78 Å². The Hall–Kier alpha value is -0.670. The van der Waals surface area contributed by atoms with Crippen molar-refractivity contribution in [2.45, 2.75) is 38.6 Å². The molecule has 1 saturated carbocycles. The van der Waals surface area contributed by atoms with Gasteiger partial charge < -0.3 is 5.32 Å². The van der Waals surface area contributed by atoms with E-state index in [1.54, 1.807) is 0 Å². The summed E-state index contributed by atoms with van der Waals surface area (Å²) in [7, 11) is 0. The van der Waals surface area contributed by atoms with Crippen LogP contribution in [0.1, 0.15) is 37.7 Å². The first kappa shape index (κ1) is 14.7. The highest BCUT2D eigenvalue weighted by Gasteiger charge is 2.30. The summed E-state index contributed by atoms with van der Waals surface area (Å²) in [5.74, 6) is -0.133. The molecule has 0 saturated heterocycles. The fourth-order valence-corrected chi connectivity index (χ4v) is 3.16. The molecule has 1 fully saturated rings. The zero-order valence-corrected chi connectivity index (χ0v) is 11.8. The second-order valence-electron chi connectivity index (χ2n) is 5.53. The smallest absolute Gasteiger partial charge is 0.127 e. The van der Waals surface area contributed by atoms with E-state index in [4.69, 9.17) is 11.6 Å². The minimum absolute atomic E-state index is 0.129. The van der Waals surface area contributed by atoms with Crippen LogP contribution in [0, 0.1) is 17.0 Å². The molecular formula is C15H20ClF2N. The van der Waals surface area contributed by atoms with Gasteiger partial charge >= 0.3 is 0 Å². The van der Waals surface area contributed by atoms with Crippen molar-refractivity contribution in [1.29, 1.82) is 0 Å². The fraction of sp³-hybridized carbons (Fsp3) is 0.600. The van der Waals surface area contributed by atoms with Crippen LogP contribution in [0.3, 0.4) is 0 Å². The minimum atomic E-state index is -0.400. The number of alkyl halides is 1. The van der Waals surface area contributed by atoms with Gasteiger partial charge in [0.25, 0.3) is 0 Å². The first-order valence-corrected chi connectivity index (χ1v) is 7.39. The first-order valence-electron chi connectivity index (χ1n) is 6.86. The summed E-state index contributed by atoms with van der Waals surface area (Å²) in [5, 5.41) is 3.24. The molecule has 0 unspecified atom stereocenters. The molecular weight excluding hydrogens is 268 g/mol. The van der Waals surface area contributed by atoms with Crippen molar-refractivity contribution in [2.24, 2.45) is 5.41 Å². The maximum absolute atomic E-state index is 13.5. The minimum Gasteiger partial charge on any atom is -0.312 e. The molecule has 106 valence electrons. The number of benzene rings is 1. The summed E-state index contributed by atoms with van der Waals surface area (Å²) in [6.45, 7) is 1.12. The first-order chi connectivity index (χ1) is 9.15. The number of nitrogens with one attached hydrogen (secondary N) is 1. The lowest BCUT2D eigenvalue weighted by molar-refractivity contribution is 0.211. The summed E-state index contributed by atoms with van der Waals surface area (Å²) in [6, 6.07) is 3.56. The average molecular weight is 288 g/mol. The van der Waals surface area contributed by atoms with Gasteiger partial charge in [0, 0.05) is 24.5 Å². The van der Waals surface area contributed by atoms with E-state index in [1.807, 2.05) is 0 Å². The standard InChI is InChI=1S/C15H20ClF2N/c16-10-15(6-2-1-3-7-15)11-19-9-12-8-13(17)4-5-14(12)18/h4-5,8,19H,1-3,6-7,9-11H2. The van der Waals surface area contributed by atoms with Gasteiger partial charge in [-0.05, 0) is 36.5 Å². The van der Waals surface area contributed by atoms with E-state index >= 15 is 0 Å². The van der Waals surface area contributed by atoms with E-state index in [-0.39, 0.29) is 11.2 Å². The molecule has 1 aromatic carbocycles. The van der Waals surface area contributed by atoms with Crippen LogP contribution in [0.25, 0.3) is 0 Å². The lowest BCUT2D eigenvalue weighted by Gasteiger charge is -2.35. The Labute approximate surface area is 118 Å². The fourth-order valence-electron chi connectivity index (χ4n) is 2.80. The molecule has 1 aromatic rings. The normalized spacial score (nSPS) is 18.5. The zero-order valence-electron chi connectivity index (χ0n) is 11.0. The Morgan fingerprint density at radius 1 is 1.16 bits per heavy atom. The molecule has 1 nitrogen and oxygen atoms in total. The van der Waals surface area contributed by atoms with Crippen LogP contribution in [0.2, 0.25) is 0 Å². The van der Waals surface area contributed by atoms with Crippen LogP contribution in [0.5, 0.6) is 0 Å². The lowest BCUT2D eigenvalue weighted by Crippen LogP contribution is -2.37. The third-order valence-electron chi connectivity index (χ3n) is 4.02. The molecule has 1 aliphatic carbocycles. The summed E-state index contributed by atoms with van der Waals surface area (Å²) < 4.78 is 26.5. The van der Waals surface area contributed by atoms with Gasteiger partial charge in [0.05, 0.1) is 0 Å². The van der Waals surface area contributed by atoms with E-state index in [2.05, 4.69) is 5.32 Å². The van der Waals surface area contributed by atoms with Crippen LogP contribution in [-0.4, -0.2) is 12.4 Å². The third-order valence-corrected chi connectivity index (χ3v) is 4.59. The molecule has 0 bridgehead atoms. The zero-order chi connectivity index (χ0) is 13.7. The van der Waals surface area contributed by atoms with E-state index < -0.39 is 5.82 Å². The average Bonchev–Trinajstić information content (AvgIpc) is 2.44. The predicted octanol–water partition coefficient (Wildman–Crippen LogP) is 4.24. The molecule has 0 spiro atoms. The van der Waals surface area contributed by atoms with Gasteiger partial charge in [0.2, 0.25) is 0 Å². The van der Waals surface area contributed by atoms with E-state index in [9.17, 15) is 8.78 Å². The summed E-state index contributed by atoms with van der Waals surface area (Å²) >= 11 is 6.10. The second-order valence-corrected chi connectivity index (χ2v) is 5.80. The molecule has 0 atom stereocenters. The predicted molar refractivity (Wildman–Crippen MR) is 74.3 cm³/mol. The van der Waals surface area contributed by atoms with Crippen molar-refractivity contribution in [3.05, 3.63) is 35.4 Å². The molecule has 1 aliphatic rings. The van der Waals surface area contributed by atoms with E-state index in [0.717, 1.165) is 25.5 Å². The van der Waals surface area contributed by atoms with Gasteiger partial charge in [-0.3, -0.25) is 0 Å². The third kappa shape index (κ3) is 3.90. The molecule has 0 aromatic heterocycles. The van der Waals surface area contributed by atoms with Crippen molar-refractivity contribution in [3.8, 4) is 0 Å². The highest BCUT2D eigenvalue weighted by molar-refractivity contribution is 6.18. The van der Waals surface area contributed by atoms with Gasteiger partial charge in [-0.15, -0.1) is 11.6 Å². The molecule has 0 amide bonds. The second kappa shape index (κ2) is 6.67. The van der Waals surface area contributed by atoms with Crippen molar-refractivity contribution >= 4 is 11.6 Å². The van der Waals surface area contributed by atoms with E-state index in [0.29, 0.717) is 18.0 Å². The largest absolute Gasteiger partial charge is 0.312 e. The Balaban J connectivity index is 1.90. The van der Waals surface area contributed by atoms with Crippen molar-refractivity contribution in [1.82, 2.24) is 5.32 Å². The number of hydrogen-bond donors (Lipinski definition) is 1. The topological polar surface area (TPSA) is 12.0 Å². The van der Waals surface area contributed by atoms with Crippen molar-refractivity contribution < 1.29 is 8.78 Å². The summed E-state index contributed by atoms with van der Waals surface area (Å²) in [6.07, 6.45) is 5.94. The van der Waals surface area contributed by atoms with E-state index in [1.165, 1.54) is 31.4 Å². The summed E-state index contributed by atoms with van der Waals surface area (Å²) in [5.41, 5.74) is 0.504. The molecule has 19 heavy (non-hydrogen) atoms. The van der Waals surface area contributed by atoms with Crippen molar-refractivity contribution in [2.75, 3.05) is 12.4 Å². The number of halogens is 3. The quantitative estimate of drug-likeness (QED) is 0.799. The maximum atomic E-state index is 13.5. The van der Waals surface area contributed by atoms with Crippen LogP contribution in [-0.2, 0) is 6.54 Å². The van der Waals surface area contributed by atoms with Gasteiger partial charge in [-0.25, -0.2) is 8.78 Å². The Bertz CT molecular complexity index is 417. The van der Waals surface area contributed by atoms with Gasteiger partial charge in [-0.2, -0.15) is 0 Å². The highest BCUT2D eigenvalue weighted by atomic mass is 35.5. The highest BCUT2D eigenvalue weighted by Crippen LogP contribution is 2.36.